The summed E-state index contributed by atoms with van der Waals surface area (Å²) in [5, 5.41) is 9.20. The van der Waals surface area contributed by atoms with Crippen LogP contribution >= 0.6 is 0 Å². The zero-order valence-electron chi connectivity index (χ0n) is 7.15. The molecule has 1 N–H and O–H groups in total. The molecule has 0 aliphatic rings. The lowest BCUT2D eigenvalue weighted by Crippen LogP contribution is -2.06. The quantitative estimate of drug-likeness (QED) is 0.674. The average Bonchev–Trinajstić information content (AvgIpc) is 2.04. The van der Waals surface area contributed by atoms with Crippen molar-refractivity contribution in [2.45, 2.75) is 6.92 Å². The van der Waals surface area contributed by atoms with Crippen molar-refractivity contribution in [1.82, 2.24) is 9.97 Å². The van der Waals surface area contributed by atoms with Crippen LogP contribution in [0.1, 0.15) is 23.1 Å². The van der Waals surface area contributed by atoms with Gasteiger partial charge in [-0.3, -0.25) is 0 Å². The molecule has 0 saturated heterocycles. The van der Waals surface area contributed by atoms with Crippen LogP contribution in [0.15, 0.2) is 6.20 Å². The van der Waals surface area contributed by atoms with Gasteiger partial charge in [-0.1, -0.05) is 0 Å². The minimum Gasteiger partial charge on any atom is -0.493 e. The van der Waals surface area contributed by atoms with E-state index < -0.39 is 11.8 Å². The van der Waals surface area contributed by atoms with Gasteiger partial charge in [0.2, 0.25) is 5.88 Å². The summed E-state index contributed by atoms with van der Waals surface area (Å²) in [5.41, 5.74) is -0.0470. The summed E-state index contributed by atoms with van der Waals surface area (Å²) in [5.74, 6) is -0.885. The van der Waals surface area contributed by atoms with Gasteiger partial charge in [-0.05, 0) is 6.92 Å². The zero-order chi connectivity index (χ0) is 9.84. The van der Waals surface area contributed by atoms with Gasteiger partial charge in [0.25, 0.3) is 0 Å². The maximum absolute atomic E-state index is 11.1. The van der Waals surface area contributed by atoms with E-state index in [1.807, 2.05) is 0 Å². The Labute approximate surface area is 75.4 Å². The van der Waals surface area contributed by atoms with Crippen LogP contribution in [0.25, 0.3) is 0 Å². The summed E-state index contributed by atoms with van der Waals surface area (Å²) < 4.78 is 4.65. The van der Waals surface area contributed by atoms with Crippen molar-refractivity contribution in [2.75, 3.05) is 6.61 Å². The van der Waals surface area contributed by atoms with Crippen LogP contribution < -0.4 is 0 Å². The summed E-state index contributed by atoms with van der Waals surface area (Å²) in [6.45, 7) is 5.31. The van der Waals surface area contributed by atoms with Crippen LogP contribution in [0.2, 0.25) is 0 Å². The molecule has 1 heterocycles. The fourth-order valence-corrected chi connectivity index (χ4v) is 0.761. The Morgan fingerprint density at radius 2 is 2.46 bits per heavy atom. The molecule has 69 valence electrons. The van der Waals surface area contributed by atoms with Crippen molar-refractivity contribution >= 4 is 5.97 Å². The molecule has 0 unspecified atom stereocenters. The third-order valence-electron chi connectivity index (χ3n) is 1.31. The predicted molar refractivity (Wildman–Crippen MR) is 44.1 cm³/mol. The van der Waals surface area contributed by atoms with Gasteiger partial charge in [0.05, 0.1) is 6.61 Å². The number of rotatable bonds is 2. The van der Waals surface area contributed by atoms with Gasteiger partial charge >= 0.3 is 5.97 Å². The second-order valence-corrected chi connectivity index (χ2v) is 2.24. The molecule has 0 aromatic carbocycles. The molecule has 0 atom stereocenters. The fraction of sp³-hybridized carbons (Fsp3) is 0.250. The molecule has 0 aliphatic heterocycles. The molecule has 0 saturated carbocycles. The normalized spacial score (nSPS) is 9.69. The molecule has 0 aliphatic carbocycles. The first kappa shape index (κ1) is 9.44. The second-order valence-electron chi connectivity index (χ2n) is 2.24. The first-order chi connectivity index (χ1) is 6.15. The number of carbonyl (C=O) groups excluding carboxylic acids is 1. The van der Waals surface area contributed by atoms with E-state index in [0.717, 1.165) is 0 Å². The summed E-state index contributed by atoms with van der Waals surface area (Å²) >= 11 is 0. The summed E-state index contributed by atoms with van der Waals surface area (Å²) in [7, 11) is 0. The Bertz CT molecular complexity index is 325. The van der Waals surface area contributed by atoms with Gasteiger partial charge < -0.3 is 9.84 Å². The van der Waals surface area contributed by atoms with Gasteiger partial charge in [-0.15, -0.1) is 0 Å². The molecule has 1 radical (unpaired) electrons. The summed E-state index contributed by atoms with van der Waals surface area (Å²) in [6, 6.07) is 0. The standard InChI is InChI=1S/C8H9N2O3/c1-3-13-8(12)6-4-9-5(2)10-7(6)11/h4H,2-3H2,1H3,(H,9,10,11). The lowest BCUT2D eigenvalue weighted by molar-refractivity contribution is 0.0521. The van der Waals surface area contributed by atoms with Gasteiger partial charge in [0, 0.05) is 13.1 Å². The molecule has 0 bridgehead atoms. The first-order valence-corrected chi connectivity index (χ1v) is 3.70. The van der Waals surface area contributed by atoms with Crippen molar-refractivity contribution in [3.63, 3.8) is 0 Å². The monoisotopic (exact) mass is 181 g/mol. The highest BCUT2D eigenvalue weighted by molar-refractivity contribution is 5.91. The Hall–Kier alpha value is -1.65. The zero-order valence-corrected chi connectivity index (χ0v) is 7.15. The molecule has 1 rings (SSSR count). The number of hydrogen-bond acceptors (Lipinski definition) is 5. The van der Waals surface area contributed by atoms with E-state index in [2.05, 4.69) is 21.6 Å². The van der Waals surface area contributed by atoms with E-state index in [4.69, 9.17) is 0 Å². The molecule has 0 fully saturated rings. The van der Waals surface area contributed by atoms with Crippen LogP contribution in [-0.4, -0.2) is 27.7 Å². The molecule has 0 spiro atoms. The van der Waals surface area contributed by atoms with Crippen LogP contribution in [0.4, 0.5) is 0 Å². The van der Waals surface area contributed by atoms with E-state index >= 15 is 0 Å². The molecule has 5 heteroatoms. The van der Waals surface area contributed by atoms with Crippen molar-refractivity contribution in [1.29, 1.82) is 0 Å². The summed E-state index contributed by atoms with van der Waals surface area (Å²) in [4.78, 5) is 18.3. The Morgan fingerprint density at radius 1 is 1.77 bits per heavy atom. The number of hydrogen-bond donors (Lipinski definition) is 1. The predicted octanol–water partition coefficient (Wildman–Crippen LogP) is 0.541. The van der Waals surface area contributed by atoms with Gasteiger partial charge in [0.1, 0.15) is 11.4 Å². The van der Waals surface area contributed by atoms with Crippen molar-refractivity contribution in [2.24, 2.45) is 0 Å². The number of esters is 1. The molecular weight excluding hydrogens is 172 g/mol. The minimum atomic E-state index is -0.639. The topological polar surface area (TPSA) is 72.3 Å². The lowest BCUT2D eigenvalue weighted by Gasteiger charge is -2.02. The first-order valence-electron chi connectivity index (χ1n) is 3.70. The average molecular weight is 181 g/mol. The number of aromatic hydroxyl groups is 1. The third-order valence-corrected chi connectivity index (χ3v) is 1.31. The Morgan fingerprint density at radius 3 is 3.00 bits per heavy atom. The van der Waals surface area contributed by atoms with Crippen molar-refractivity contribution < 1.29 is 14.6 Å². The Balaban J connectivity index is 2.95. The number of ether oxygens (including phenoxy) is 1. The lowest BCUT2D eigenvalue weighted by atomic mass is 10.3. The maximum Gasteiger partial charge on any atom is 0.345 e. The molecule has 1 aromatic rings. The van der Waals surface area contributed by atoms with Crippen LogP contribution in [0.5, 0.6) is 5.88 Å². The number of aromatic nitrogens is 2. The van der Waals surface area contributed by atoms with Gasteiger partial charge in [0.15, 0.2) is 0 Å². The maximum atomic E-state index is 11.1. The van der Waals surface area contributed by atoms with Crippen molar-refractivity contribution in [3.8, 4) is 5.88 Å². The van der Waals surface area contributed by atoms with Gasteiger partial charge in [-0.2, -0.15) is 4.98 Å². The largest absolute Gasteiger partial charge is 0.493 e. The second kappa shape index (κ2) is 3.84. The molecule has 13 heavy (non-hydrogen) atoms. The van der Waals surface area contributed by atoms with E-state index in [0.29, 0.717) is 0 Å². The molecule has 0 amide bonds. The van der Waals surface area contributed by atoms with Crippen LogP contribution in [0, 0.1) is 6.92 Å². The highest BCUT2D eigenvalue weighted by atomic mass is 16.5. The van der Waals surface area contributed by atoms with E-state index in [1.165, 1.54) is 6.20 Å². The number of carbonyl (C=O) groups is 1. The minimum absolute atomic E-state index is 0.0470. The van der Waals surface area contributed by atoms with Gasteiger partial charge in [-0.25, -0.2) is 9.78 Å². The molecule has 1 aromatic heterocycles. The smallest absolute Gasteiger partial charge is 0.345 e. The highest BCUT2D eigenvalue weighted by Gasteiger charge is 2.13. The van der Waals surface area contributed by atoms with Crippen LogP contribution in [0.3, 0.4) is 0 Å². The third kappa shape index (κ3) is 2.14. The summed E-state index contributed by atoms with van der Waals surface area (Å²) in [6.07, 6.45) is 1.18. The number of nitrogens with zero attached hydrogens (tertiary/aromatic N) is 2. The highest BCUT2D eigenvalue weighted by Crippen LogP contribution is 2.12. The molecule has 5 nitrogen and oxygen atoms in total. The fourth-order valence-electron chi connectivity index (χ4n) is 0.761. The SMILES string of the molecule is [CH2]c1ncc(C(=O)OCC)c(O)n1. The van der Waals surface area contributed by atoms with E-state index in [9.17, 15) is 9.90 Å². The van der Waals surface area contributed by atoms with Crippen LogP contribution in [-0.2, 0) is 4.74 Å². The van der Waals surface area contributed by atoms with E-state index in [1.54, 1.807) is 6.92 Å². The molecular formula is C8H9N2O3. The van der Waals surface area contributed by atoms with Crippen molar-refractivity contribution in [3.05, 3.63) is 24.5 Å². The van der Waals surface area contributed by atoms with E-state index in [-0.39, 0.29) is 18.0 Å². The Kier molecular flexibility index (Phi) is 2.79.